The van der Waals surface area contributed by atoms with Gasteiger partial charge in [0.25, 0.3) is 0 Å². The highest BCUT2D eigenvalue weighted by Gasteiger charge is 2.46. The Kier molecular flexibility index (Phi) is 13.9. The van der Waals surface area contributed by atoms with Gasteiger partial charge in [0.1, 0.15) is 72.4 Å². The van der Waals surface area contributed by atoms with Crippen molar-refractivity contribution >= 4 is 17.5 Å². The highest BCUT2D eigenvalue weighted by atomic mass is 16.6. The van der Waals surface area contributed by atoms with E-state index in [0.29, 0.717) is 5.56 Å². The average molecular weight is 774 g/mol. The number of anilines is 3. The summed E-state index contributed by atoms with van der Waals surface area (Å²) in [5, 5.41) is 94.0. The van der Waals surface area contributed by atoms with Crippen LogP contribution in [0.2, 0.25) is 0 Å². The summed E-state index contributed by atoms with van der Waals surface area (Å²) in [5.74, 6) is 0.0384. The summed E-state index contributed by atoms with van der Waals surface area (Å²) in [4.78, 5) is 45.4. The normalized spacial score (nSPS) is 31.8. The second-order valence-corrected chi connectivity index (χ2v) is 12.2. The second kappa shape index (κ2) is 17.8. The first-order valence-corrected chi connectivity index (χ1v) is 16.0. The number of aliphatic hydroxyl groups excluding tert-OH is 10. The van der Waals surface area contributed by atoms with Crippen LogP contribution in [0, 0.1) is 6.92 Å². The van der Waals surface area contributed by atoms with Crippen LogP contribution in [0.25, 0.3) is 0 Å². The smallest absolute Gasteiger partial charge is 0.351 e. The molecule has 3 aromatic rings. The molecule has 0 amide bonds. The largest absolute Gasteiger partial charge is 0.394 e. The van der Waals surface area contributed by atoms with Crippen LogP contribution in [-0.4, -0.2) is 154 Å². The summed E-state index contributed by atoms with van der Waals surface area (Å²) in [6.07, 6.45) is -10.2. The van der Waals surface area contributed by atoms with E-state index in [4.69, 9.17) is 51.8 Å². The first-order valence-electron chi connectivity index (χ1n) is 16.0. The van der Waals surface area contributed by atoms with Crippen LogP contribution >= 0.6 is 0 Å². The van der Waals surface area contributed by atoms with Crippen molar-refractivity contribution in [3.05, 3.63) is 67.2 Å². The molecule has 3 aliphatic rings. The van der Waals surface area contributed by atoms with Gasteiger partial charge in [0.15, 0.2) is 18.7 Å². The van der Waals surface area contributed by atoms with Gasteiger partial charge in [-0.25, -0.2) is 14.4 Å². The molecular formula is C29H43N9O16. The lowest BCUT2D eigenvalue weighted by Crippen LogP contribution is -2.36. The van der Waals surface area contributed by atoms with Crippen molar-refractivity contribution in [1.29, 1.82) is 0 Å². The molecule has 3 aromatic heterocycles. The Hall–Kier alpha value is -4.48. The molecule has 0 saturated carbocycles. The maximum absolute atomic E-state index is 11.7. The number of nitrogens with zero attached hydrogens (tertiary/aromatic N) is 6. The van der Waals surface area contributed by atoms with Gasteiger partial charge in [0, 0.05) is 29.7 Å². The first kappa shape index (κ1) is 42.3. The number of aryl methyl sites for hydroxylation is 1. The van der Waals surface area contributed by atoms with E-state index in [1.165, 1.54) is 24.7 Å². The summed E-state index contributed by atoms with van der Waals surface area (Å²) in [5.41, 5.74) is 14.8. The van der Waals surface area contributed by atoms with Gasteiger partial charge in [-0.05, 0) is 13.0 Å². The number of rotatable bonds is 7. The zero-order valence-corrected chi connectivity index (χ0v) is 28.4. The minimum absolute atomic E-state index is 0.0537. The van der Waals surface area contributed by atoms with Crippen LogP contribution in [0.1, 0.15) is 29.8 Å². The molecule has 300 valence electrons. The third kappa shape index (κ3) is 8.73. The molecule has 6 heterocycles. The van der Waals surface area contributed by atoms with Gasteiger partial charge in [-0.2, -0.15) is 15.0 Å². The molecule has 0 aromatic carbocycles. The molecule has 16 N–H and O–H groups in total. The van der Waals surface area contributed by atoms with Gasteiger partial charge in [-0.15, -0.1) is 0 Å². The van der Waals surface area contributed by atoms with Crippen molar-refractivity contribution < 1.29 is 65.3 Å². The minimum Gasteiger partial charge on any atom is -0.394 e. The van der Waals surface area contributed by atoms with Crippen molar-refractivity contribution in [3.8, 4) is 0 Å². The molecule has 6 rings (SSSR count). The van der Waals surface area contributed by atoms with E-state index in [2.05, 4.69) is 15.0 Å². The van der Waals surface area contributed by atoms with Gasteiger partial charge in [-0.3, -0.25) is 13.7 Å². The third-order valence-electron chi connectivity index (χ3n) is 8.63. The van der Waals surface area contributed by atoms with Crippen molar-refractivity contribution in [2.75, 3.05) is 37.0 Å². The van der Waals surface area contributed by atoms with E-state index in [9.17, 15) is 45.0 Å². The Bertz CT molecular complexity index is 1910. The first-order chi connectivity index (χ1) is 25.5. The van der Waals surface area contributed by atoms with E-state index >= 15 is 0 Å². The predicted molar refractivity (Wildman–Crippen MR) is 178 cm³/mol. The Labute approximate surface area is 302 Å². The molecule has 54 heavy (non-hydrogen) atoms. The van der Waals surface area contributed by atoms with Crippen LogP contribution in [-0.2, 0) is 20.8 Å². The summed E-state index contributed by atoms with van der Waals surface area (Å²) >= 11 is 0. The topological polar surface area (TPSA) is 413 Å². The van der Waals surface area contributed by atoms with E-state index in [-0.39, 0.29) is 23.0 Å². The fourth-order valence-electron chi connectivity index (χ4n) is 5.54. The molecule has 3 fully saturated rings. The van der Waals surface area contributed by atoms with Crippen LogP contribution < -0.4 is 34.3 Å². The fourth-order valence-corrected chi connectivity index (χ4v) is 5.54. The molecule has 0 bridgehead atoms. The average Bonchev–Trinajstić information content (AvgIpc) is 3.71. The van der Waals surface area contributed by atoms with Gasteiger partial charge in [0.2, 0.25) is 0 Å². The zero-order chi connectivity index (χ0) is 40.2. The molecule has 25 nitrogen and oxygen atoms in total. The number of nitrogens with two attached hydrogens (primary N) is 3. The zero-order valence-electron chi connectivity index (χ0n) is 28.4. The number of aliphatic hydroxyl groups is 10. The SMILES string of the molecule is Cc1cn([C@@H]2O[C@H](CO)[C@@H](O)[C@H]2O)c(=O)nc1N.Nc1ccn([C@@H]2O[C@H](CO)[C@@H](O)[C@H]2O)c(=O)n1.Nc1nc(=O)n([C@@H]2O[C@H](CO)[C@@H](O)[C@H]2O)cc1CO. The number of hydrogen-bond donors (Lipinski definition) is 13. The summed E-state index contributed by atoms with van der Waals surface area (Å²) < 4.78 is 18.6. The van der Waals surface area contributed by atoms with E-state index in [1.807, 2.05) is 0 Å². The van der Waals surface area contributed by atoms with Crippen LogP contribution in [0.15, 0.2) is 39.0 Å². The lowest BCUT2D eigenvalue weighted by Gasteiger charge is -2.18. The van der Waals surface area contributed by atoms with Crippen molar-refractivity contribution in [2.45, 2.75) is 87.2 Å². The van der Waals surface area contributed by atoms with Crippen molar-refractivity contribution in [2.24, 2.45) is 0 Å². The molecule has 12 atom stereocenters. The van der Waals surface area contributed by atoms with Gasteiger partial charge in [-0.1, -0.05) is 0 Å². The molecular weight excluding hydrogens is 730 g/mol. The van der Waals surface area contributed by atoms with Crippen molar-refractivity contribution in [3.63, 3.8) is 0 Å². The minimum atomic E-state index is -1.40. The highest BCUT2D eigenvalue weighted by Crippen LogP contribution is 2.30. The molecule has 0 aliphatic carbocycles. The maximum Gasteiger partial charge on any atom is 0.351 e. The molecule has 0 radical (unpaired) electrons. The number of nitrogen functional groups attached to an aromatic ring is 3. The Morgan fingerprint density at radius 2 is 0.981 bits per heavy atom. The van der Waals surface area contributed by atoms with Gasteiger partial charge in [0.05, 0.1) is 26.4 Å². The highest BCUT2D eigenvalue weighted by molar-refractivity contribution is 5.36. The molecule has 25 heteroatoms. The monoisotopic (exact) mass is 773 g/mol. The molecule has 0 spiro atoms. The standard InChI is InChI=1S/C10H15N3O6.C10H15N3O5.C9H13N3O5/c11-8-4(2-14)1-13(10(18)12-8)9-7(17)6(16)5(3-15)19-9;1-4-2-13(10(17)12-8(4)11)9-7(16)6(15)5(3-14)18-9;10-5-1-2-12(9(16)11-5)8-7(15)6(14)4(3-13)17-8/h1,5-7,9,14-17H,2-3H2,(H2,11,12,18);2,5-7,9,14-16H,3H2,1H3,(H2,11,12,17);1-2,4,6-8,13-15H,3H2,(H2,10,11,16)/t2*5-,6-,7-,9-;4-,6-,7-,8-/m111/s1. The van der Waals surface area contributed by atoms with Gasteiger partial charge < -0.3 is 82.5 Å². The van der Waals surface area contributed by atoms with Gasteiger partial charge >= 0.3 is 17.1 Å². The number of hydrogen-bond acceptors (Lipinski definition) is 22. The molecule has 3 aliphatic heterocycles. The quantitative estimate of drug-likeness (QED) is 0.106. The Morgan fingerprint density at radius 3 is 1.37 bits per heavy atom. The van der Waals surface area contributed by atoms with Crippen LogP contribution in [0.4, 0.5) is 17.5 Å². The summed E-state index contributed by atoms with van der Waals surface area (Å²) in [6.45, 7) is -0.192. The number of ether oxygens (including phenoxy) is 3. The molecule has 3 saturated heterocycles. The second-order valence-electron chi connectivity index (χ2n) is 12.2. The lowest BCUT2D eigenvalue weighted by molar-refractivity contribution is -0.0551. The van der Waals surface area contributed by atoms with Crippen molar-refractivity contribution in [1.82, 2.24) is 28.7 Å². The van der Waals surface area contributed by atoms with Crippen LogP contribution in [0.3, 0.4) is 0 Å². The predicted octanol–water partition coefficient (Wildman–Crippen LogP) is -7.89. The van der Waals surface area contributed by atoms with E-state index < -0.39 is 117 Å². The molecule has 0 unspecified atom stereocenters. The Morgan fingerprint density at radius 1 is 0.593 bits per heavy atom. The number of aromatic nitrogens is 6. The Balaban J connectivity index is 0.000000181. The van der Waals surface area contributed by atoms with Crippen LogP contribution in [0.5, 0.6) is 0 Å². The summed E-state index contributed by atoms with van der Waals surface area (Å²) in [7, 11) is 0. The fraction of sp³-hybridized carbons (Fsp3) is 0.586. The van der Waals surface area contributed by atoms with E-state index in [1.54, 1.807) is 6.92 Å². The summed E-state index contributed by atoms with van der Waals surface area (Å²) in [6, 6.07) is 1.37. The van der Waals surface area contributed by atoms with E-state index in [0.717, 1.165) is 13.7 Å². The maximum atomic E-state index is 11.7. The lowest BCUT2D eigenvalue weighted by atomic mass is 10.1. The third-order valence-corrected chi connectivity index (χ3v) is 8.63.